The summed E-state index contributed by atoms with van der Waals surface area (Å²) in [6, 6.07) is 23.0. The molecule has 0 radical (unpaired) electrons. The van der Waals surface area contributed by atoms with Gasteiger partial charge in [0.1, 0.15) is 17.3 Å². The van der Waals surface area contributed by atoms with E-state index < -0.39 is 51.6 Å². The number of ketones is 2. The molecule has 4 atom stereocenters. The van der Waals surface area contributed by atoms with E-state index in [1.807, 2.05) is 30.3 Å². The number of fused-ring (bicyclic) bond motifs is 6. The molecule has 1 fully saturated rings. The highest BCUT2D eigenvalue weighted by Gasteiger charge is 2.70. The van der Waals surface area contributed by atoms with Crippen LogP contribution in [0.5, 0.6) is 0 Å². The molecule has 9 heteroatoms. The van der Waals surface area contributed by atoms with Crippen molar-refractivity contribution in [1.82, 2.24) is 4.90 Å². The number of hydrogen-bond donors (Lipinski definition) is 1. The number of non-ortho nitro benzene ring substituents is 1. The number of rotatable bonds is 5. The molecule has 1 N–H and O–H groups in total. The number of para-hydroxylation sites is 1. The molecule has 3 heterocycles. The molecular weight excluding hydrogens is 537 g/mol. The molecule has 1 amide bonds. The van der Waals surface area contributed by atoms with Gasteiger partial charge < -0.3 is 10.2 Å². The Bertz CT molecular complexity index is 1850. The molecular formula is C33H22FN3O5. The normalized spacial score (nSPS) is 23.2. The summed E-state index contributed by atoms with van der Waals surface area (Å²) in [5, 5.41) is 14.5. The zero-order chi connectivity index (χ0) is 29.2. The zero-order valence-electron chi connectivity index (χ0n) is 21.9. The molecule has 4 aromatic rings. The zero-order valence-corrected chi connectivity index (χ0v) is 21.9. The van der Waals surface area contributed by atoms with Crippen molar-refractivity contribution in [2.75, 3.05) is 5.32 Å². The van der Waals surface area contributed by atoms with E-state index in [4.69, 9.17) is 0 Å². The molecule has 8 nitrogen and oxygen atoms in total. The topological polar surface area (TPSA) is 110 Å². The number of nitrogens with one attached hydrogen (secondary N) is 1. The second kappa shape index (κ2) is 9.31. The molecule has 3 aliphatic heterocycles. The van der Waals surface area contributed by atoms with Crippen LogP contribution in [0.1, 0.15) is 43.4 Å². The van der Waals surface area contributed by atoms with Crippen LogP contribution in [0.15, 0.2) is 103 Å². The lowest BCUT2D eigenvalue weighted by atomic mass is 9.62. The SMILES string of the molecule is O=C(c1cccc([N+](=O)[O-])c1)[C@@H]1[C@@H](C(=O)c2ccc(F)cc2)[C@@]2(C(=O)Nc3ccccc32)[C@H]2c3ccccc3C=CN12. The minimum atomic E-state index is -1.55. The number of nitro groups is 1. The minimum Gasteiger partial charge on any atom is -0.358 e. The lowest BCUT2D eigenvalue weighted by Crippen LogP contribution is -2.49. The summed E-state index contributed by atoms with van der Waals surface area (Å²) in [4.78, 5) is 56.3. The van der Waals surface area contributed by atoms with Crippen LogP contribution in [0.25, 0.3) is 6.08 Å². The van der Waals surface area contributed by atoms with Gasteiger partial charge in [0.05, 0.1) is 16.9 Å². The Morgan fingerprint density at radius 2 is 1.62 bits per heavy atom. The number of carbonyl (C=O) groups is 3. The van der Waals surface area contributed by atoms with Gasteiger partial charge in [0, 0.05) is 35.1 Å². The fourth-order valence-electron chi connectivity index (χ4n) is 6.90. The lowest BCUT2D eigenvalue weighted by Gasteiger charge is -2.38. The quantitative estimate of drug-likeness (QED) is 0.190. The van der Waals surface area contributed by atoms with Crippen molar-refractivity contribution in [3.8, 4) is 0 Å². The van der Waals surface area contributed by atoms with Crippen LogP contribution in [0.4, 0.5) is 15.8 Å². The largest absolute Gasteiger partial charge is 0.358 e. The average Bonchev–Trinajstić information content (AvgIpc) is 3.49. The number of amides is 1. The van der Waals surface area contributed by atoms with Crippen LogP contribution in [0.2, 0.25) is 0 Å². The van der Waals surface area contributed by atoms with Gasteiger partial charge in [0.25, 0.3) is 5.69 Å². The predicted octanol–water partition coefficient (Wildman–Crippen LogP) is 5.72. The molecule has 4 aromatic carbocycles. The van der Waals surface area contributed by atoms with Gasteiger partial charge in [-0.1, -0.05) is 54.6 Å². The van der Waals surface area contributed by atoms with Gasteiger partial charge >= 0.3 is 0 Å². The van der Waals surface area contributed by atoms with E-state index in [1.54, 1.807) is 35.4 Å². The highest BCUT2D eigenvalue weighted by atomic mass is 19.1. The van der Waals surface area contributed by atoms with Gasteiger partial charge in [-0.25, -0.2) is 4.39 Å². The summed E-state index contributed by atoms with van der Waals surface area (Å²) in [6.45, 7) is 0. The fraction of sp³-hybridized carbons (Fsp3) is 0.121. The van der Waals surface area contributed by atoms with Gasteiger partial charge in [0.15, 0.2) is 11.6 Å². The van der Waals surface area contributed by atoms with Crippen LogP contribution in [-0.4, -0.2) is 33.3 Å². The average molecular weight is 560 g/mol. The predicted molar refractivity (Wildman–Crippen MR) is 152 cm³/mol. The van der Waals surface area contributed by atoms with E-state index in [9.17, 15) is 28.9 Å². The Hall–Kier alpha value is -5.44. The number of anilines is 1. The second-order valence-electron chi connectivity index (χ2n) is 10.6. The molecule has 0 bridgehead atoms. The minimum absolute atomic E-state index is 0.0425. The highest BCUT2D eigenvalue weighted by molar-refractivity contribution is 6.16. The third-order valence-electron chi connectivity index (χ3n) is 8.59. The summed E-state index contributed by atoms with van der Waals surface area (Å²) >= 11 is 0. The van der Waals surface area contributed by atoms with Crippen LogP contribution in [-0.2, 0) is 10.2 Å². The maximum Gasteiger partial charge on any atom is 0.270 e. The van der Waals surface area contributed by atoms with Gasteiger partial charge in [-0.05, 0) is 53.1 Å². The lowest BCUT2D eigenvalue weighted by molar-refractivity contribution is -0.384. The number of benzene rings is 4. The summed E-state index contributed by atoms with van der Waals surface area (Å²) in [6.07, 6.45) is 3.55. The highest BCUT2D eigenvalue weighted by Crippen LogP contribution is 2.62. The number of nitrogens with zero attached hydrogens (tertiary/aromatic N) is 2. The first-order valence-corrected chi connectivity index (χ1v) is 13.4. The number of Topliss-reactive ketones (excluding diaryl/α,β-unsaturated/α-hetero) is 2. The fourth-order valence-corrected chi connectivity index (χ4v) is 6.90. The van der Waals surface area contributed by atoms with Crippen molar-refractivity contribution in [1.29, 1.82) is 0 Å². The number of nitro benzene ring substituents is 1. The van der Waals surface area contributed by atoms with Gasteiger partial charge in [-0.3, -0.25) is 24.5 Å². The smallest absolute Gasteiger partial charge is 0.270 e. The van der Waals surface area contributed by atoms with Crippen molar-refractivity contribution in [2.45, 2.75) is 17.5 Å². The van der Waals surface area contributed by atoms with E-state index in [0.717, 1.165) is 23.3 Å². The Morgan fingerprint density at radius 1 is 0.881 bits per heavy atom. The third-order valence-corrected chi connectivity index (χ3v) is 8.59. The van der Waals surface area contributed by atoms with Crippen LogP contribution in [0, 0.1) is 21.8 Å². The van der Waals surface area contributed by atoms with Gasteiger partial charge in [0.2, 0.25) is 5.91 Å². The molecule has 0 unspecified atom stereocenters. The van der Waals surface area contributed by atoms with E-state index in [-0.39, 0.29) is 16.8 Å². The Labute approximate surface area is 239 Å². The van der Waals surface area contributed by atoms with E-state index >= 15 is 0 Å². The Kier molecular flexibility index (Phi) is 5.65. The van der Waals surface area contributed by atoms with Crippen molar-refractivity contribution in [2.24, 2.45) is 5.92 Å². The van der Waals surface area contributed by atoms with Crippen molar-refractivity contribution in [3.05, 3.63) is 147 Å². The van der Waals surface area contributed by atoms with Crippen molar-refractivity contribution >= 4 is 34.9 Å². The molecule has 0 saturated carbocycles. The van der Waals surface area contributed by atoms with Gasteiger partial charge in [-0.2, -0.15) is 0 Å². The van der Waals surface area contributed by atoms with Crippen LogP contribution >= 0.6 is 0 Å². The number of halogens is 1. The first kappa shape index (κ1) is 25.5. The Balaban J connectivity index is 1.53. The maximum atomic E-state index is 14.6. The van der Waals surface area contributed by atoms with Gasteiger partial charge in [-0.15, -0.1) is 0 Å². The first-order valence-electron chi connectivity index (χ1n) is 13.4. The molecule has 42 heavy (non-hydrogen) atoms. The van der Waals surface area contributed by atoms with E-state index in [0.29, 0.717) is 11.3 Å². The third kappa shape index (κ3) is 3.49. The van der Waals surface area contributed by atoms with Crippen LogP contribution < -0.4 is 5.32 Å². The van der Waals surface area contributed by atoms with E-state index in [2.05, 4.69) is 5.32 Å². The summed E-state index contributed by atoms with van der Waals surface area (Å²) in [5.74, 6) is -3.28. The maximum absolute atomic E-state index is 14.6. The summed E-state index contributed by atoms with van der Waals surface area (Å²) in [7, 11) is 0. The molecule has 0 aromatic heterocycles. The molecule has 3 aliphatic rings. The standard InChI is InChI=1S/C33H22FN3O5/c34-22-14-12-20(13-15-22)29(38)27-28(30(39)21-7-5-8-23(18-21)37(41)42)36-17-16-19-6-1-2-9-24(19)31(36)33(27)25-10-3-4-11-26(25)35-32(33)40/h1-18,27-28,31H,(H,35,40)/t27-,28-,31+,33+/m0/s1. The van der Waals surface area contributed by atoms with E-state index in [1.165, 1.54) is 36.4 Å². The number of hydrogen-bond acceptors (Lipinski definition) is 6. The summed E-state index contributed by atoms with van der Waals surface area (Å²) in [5.41, 5.74) is 1.08. The molecule has 0 aliphatic carbocycles. The Morgan fingerprint density at radius 3 is 2.40 bits per heavy atom. The van der Waals surface area contributed by atoms with Crippen molar-refractivity contribution in [3.63, 3.8) is 0 Å². The number of carbonyl (C=O) groups excluding carboxylic acids is 3. The van der Waals surface area contributed by atoms with Crippen molar-refractivity contribution < 1.29 is 23.7 Å². The molecule has 7 rings (SSSR count). The summed E-state index contributed by atoms with van der Waals surface area (Å²) < 4.78 is 13.9. The first-order chi connectivity index (χ1) is 20.3. The molecule has 206 valence electrons. The molecule has 1 saturated heterocycles. The monoisotopic (exact) mass is 559 g/mol. The molecule has 1 spiro atoms. The second-order valence-corrected chi connectivity index (χ2v) is 10.6. The van der Waals surface area contributed by atoms with Crippen LogP contribution in [0.3, 0.4) is 0 Å².